The molecule has 1 saturated heterocycles. The summed E-state index contributed by atoms with van der Waals surface area (Å²) in [6.07, 6.45) is -5.94. The van der Waals surface area contributed by atoms with Crippen LogP contribution in [0.2, 0.25) is 0 Å². The summed E-state index contributed by atoms with van der Waals surface area (Å²) >= 11 is 1.35. The number of carbonyl (C=O) groups excluding carboxylic acids is 1. The second kappa shape index (κ2) is 12.8. The number of fused-ring (bicyclic) bond motifs is 6. The zero-order chi connectivity index (χ0) is 34.5. The van der Waals surface area contributed by atoms with Crippen LogP contribution >= 0.6 is 11.3 Å². The first kappa shape index (κ1) is 33.3. The molecule has 0 aliphatic carbocycles. The highest BCUT2D eigenvalue weighted by atomic mass is 32.1. The smallest absolute Gasteiger partial charge is 0.416 e. The Labute approximate surface area is 275 Å². The van der Waals surface area contributed by atoms with Gasteiger partial charge in [0, 0.05) is 52.8 Å². The Hall–Kier alpha value is -4.56. The molecule has 1 fully saturated rings. The molecule has 2 aliphatic heterocycles. The number of rotatable bonds is 6. The van der Waals surface area contributed by atoms with E-state index in [1.54, 1.807) is 30.0 Å². The van der Waals surface area contributed by atoms with Crippen LogP contribution in [-0.2, 0) is 22.2 Å². The fourth-order valence-electron chi connectivity index (χ4n) is 6.23. The summed E-state index contributed by atoms with van der Waals surface area (Å²) in [5.74, 6) is -2.75. The van der Waals surface area contributed by atoms with Crippen LogP contribution in [0.15, 0.2) is 59.5 Å². The van der Waals surface area contributed by atoms with E-state index in [9.17, 15) is 37.1 Å². The highest BCUT2D eigenvalue weighted by Gasteiger charge is 2.37. The van der Waals surface area contributed by atoms with Crippen molar-refractivity contribution in [3.63, 3.8) is 0 Å². The number of aliphatic carboxylic acids is 1. The van der Waals surface area contributed by atoms with Crippen molar-refractivity contribution in [3.05, 3.63) is 104 Å². The third-order valence-corrected chi connectivity index (χ3v) is 9.69. The summed E-state index contributed by atoms with van der Waals surface area (Å²) in [5.41, 5.74) is -1.20. The number of carboxylic acids is 1. The SMILES string of the molecule is Cc1cccc2c1-c1cc(c(C)s1)[C@H](CC(=O)O)NC(=O)[C@@H](n1cc(CCN3CC(F)C3)c(C(F)(F)F)cc1=O)c1cc(ccc1F)O2. The maximum absolute atomic E-state index is 15.8. The van der Waals surface area contributed by atoms with Gasteiger partial charge in [0.2, 0.25) is 5.91 Å². The molecule has 4 aromatic rings. The molecule has 2 aliphatic rings. The summed E-state index contributed by atoms with van der Waals surface area (Å²) < 4.78 is 78.5. The highest BCUT2D eigenvalue weighted by molar-refractivity contribution is 7.15. The van der Waals surface area contributed by atoms with Gasteiger partial charge in [0.1, 0.15) is 29.5 Å². The van der Waals surface area contributed by atoms with E-state index in [1.165, 1.54) is 23.5 Å². The van der Waals surface area contributed by atoms with Crippen molar-refractivity contribution >= 4 is 23.2 Å². The average Bonchev–Trinajstić information content (AvgIpc) is 3.36. The molecule has 8 nitrogen and oxygen atoms in total. The first-order valence-corrected chi connectivity index (χ1v) is 15.9. The molecule has 14 heteroatoms. The van der Waals surface area contributed by atoms with Crippen LogP contribution in [-0.4, -0.2) is 52.3 Å². The number of aryl methyl sites for hydroxylation is 2. The predicted octanol–water partition coefficient (Wildman–Crippen LogP) is 6.58. The number of carboxylic acid groups (broad SMARTS) is 1. The first-order valence-electron chi connectivity index (χ1n) is 15.1. The molecule has 2 N–H and O–H groups in total. The summed E-state index contributed by atoms with van der Waals surface area (Å²) in [4.78, 5) is 42.7. The van der Waals surface area contributed by atoms with Crippen molar-refractivity contribution in [2.24, 2.45) is 0 Å². The molecule has 252 valence electrons. The van der Waals surface area contributed by atoms with Crippen molar-refractivity contribution in [1.82, 2.24) is 14.8 Å². The maximum atomic E-state index is 15.8. The molecule has 2 aromatic heterocycles. The van der Waals surface area contributed by atoms with E-state index in [-0.39, 0.29) is 42.9 Å². The predicted molar refractivity (Wildman–Crippen MR) is 168 cm³/mol. The van der Waals surface area contributed by atoms with E-state index >= 15 is 4.39 Å². The number of alkyl halides is 4. The van der Waals surface area contributed by atoms with Crippen molar-refractivity contribution in [3.8, 4) is 21.9 Å². The number of amides is 1. The number of ether oxygens (including phenoxy) is 1. The monoisotopic (exact) mass is 687 g/mol. The number of thiophene rings is 1. The van der Waals surface area contributed by atoms with Gasteiger partial charge in [-0.05, 0) is 67.3 Å². The quantitative estimate of drug-likeness (QED) is 0.223. The summed E-state index contributed by atoms with van der Waals surface area (Å²) in [5, 5.41) is 12.5. The topological polar surface area (TPSA) is 101 Å². The number of halogens is 5. The van der Waals surface area contributed by atoms with E-state index in [1.807, 2.05) is 13.0 Å². The maximum Gasteiger partial charge on any atom is 0.416 e. The summed E-state index contributed by atoms with van der Waals surface area (Å²) in [6.45, 7) is 3.78. The van der Waals surface area contributed by atoms with Gasteiger partial charge in [-0.2, -0.15) is 13.2 Å². The van der Waals surface area contributed by atoms with Crippen LogP contribution in [0.5, 0.6) is 11.5 Å². The number of pyridine rings is 1. The van der Waals surface area contributed by atoms with Crippen LogP contribution in [0.4, 0.5) is 22.0 Å². The number of benzene rings is 2. The van der Waals surface area contributed by atoms with Crippen LogP contribution in [0.25, 0.3) is 10.4 Å². The Kier molecular flexibility index (Phi) is 8.90. The largest absolute Gasteiger partial charge is 0.481 e. The van der Waals surface area contributed by atoms with Gasteiger partial charge in [-0.1, -0.05) is 12.1 Å². The summed E-state index contributed by atoms with van der Waals surface area (Å²) in [6, 6.07) is 7.96. The Morgan fingerprint density at radius 1 is 1.08 bits per heavy atom. The molecule has 6 rings (SSSR count). The lowest BCUT2D eigenvalue weighted by molar-refractivity contribution is -0.139. The van der Waals surface area contributed by atoms with Gasteiger partial charge in [-0.15, -0.1) is 11.3 Å². The Morgan fingerprint density at radius 3 is 2.52 bits per heavy atom. The van der Waals surface area contributed by atoms with Crippen molar-refractivity contribution in [2.75, 3.05) is 19.6 Å². The van der Waals surface area contributed by atoms with Gasteiger partial charge < -0.3 is 15.2 Å². The van der Waals surface area contributed by atoms with E-state index in [4.69, 9.17) is 4.74 Å². The molecule has 2 atom stereocenters. The van der Waals surface area contributed by atoms with Gasteiger partial charge in [0.05, 0.1) is 18.0 Å². The molecule has 1 amide bonds. The fourth-order valence-corrected chi connectivity index (χ4v) is 7.43. The van der Waals surface area contributed by atoms with Crippen LogP contribution in [0.3, 0.4) is 0 Å². The highest BCUT2D eigenvalue weighted by Crippen LogP contribution is 2.43. The number of nitrogens with zero attached hydrogens (tertiary/aromatic N) is 2. The first-order chi connectivity index (χ1) is 22.7. The Balaban J connectivity index is 1.55. The van der Waals surface area contributed by atoms with Crippen molar-refractivity contribution in [2.45, 2.75) is 51.1 Å². The fraction of sp³-hybridized carbons (Fsp3) is 0.324. The molecule has 48 heavy (non-hydrogen) atoms. The standard InChI is InChI=1S/C34H30F5N3O5S/c1-17-4-3-5-27-31(17)28-11-22(18(2)48-28)26(13-30(44)45)40-33(46)32(23-10-21(47-27)6-7-25(23)36)42-14-19(8-9-41-15-20(35)16-41)24(12-29(42)43)34(37,38)39/h3-7,10-12,14,20,26,32H,8-9,13,15-16H2,1-2H3,(H,40,46)(H,44,45)/t26-,32-/m0/s1. The lowest BCUT2D eigenvalue weighted by atomic mass is 9.99. The number of carbonyl (C=O) groups is 2. The number of hydrogen-bond acceptors (Lipinski definition) is 6. The molecular weight excluding hydrogens is 657 g/mol. The van der Waals surface area contributed by atoms with E-state index in [0.717, 1.165) is 27.3 Å². The minimum Gasteiger partial charge on any atom is -0.481 e. The Morgan fingerprint density at radius 2 is 1.83 bits per heavy atom. The number of nitrogens with one attached hydrogen (secondary N) is 1. The van der Waals surface area contributed by atoms with Crippen LogP contribution < -0.4 is 15.6 Å². The van der Waals surface area contributed by atoms with Crippen molar-refractivity contribution in [1.29, 1.82) is 0 Å². The third kappa shape index (κ3) is 6.59. The third-order valence-electron chi connectivity index (χ3n) is 8.60. The summed E-state index contributed by atoms with van der Waals surface area (Å²) in [7, 11) is 0. The van der Waals surface area contributed by atoms with Gasteiger partial charge in [0.25, 0.3) is 5.56 Å². The minimum absolute atomic E-state index is 0.0511. The number of hydrogen-bond donors (Lipinski definition) is 2. The molecule has 2 aromatic carbocycles. The lowest BCUT2D eigenvalue weighted by Gasteiger charge is -2.34. The number of aromatic nitrogens is 1. The molecule has 4 heterocycles. The van der Waals surface area contributed by atoms with Gasteiger partial charge in [-0.3, -0.25) is 23.9 Å². The zero-order valence-electron chi connectivity index (χ0n) is 25.7. The average molecular weight is 688 g/mol. The molecule has 0 spiro atoms. The molecule has 0 radical (unpaired) electrons. The van der Waals surface area contributed by atoms with Crippen LogP contribution in [0.1, 0.15) is 51.2 Å². The second-order valence-corrected chi connectivity index (χ2v) is 13.2. The normalized spacial score (nSPS) is 18.4. The van der Waals surface area contributed by atoms with E-state index in [2.05, 4.69) is 5.32 Å². The molecule has 4 bridgehead atoms. The molecule has 0 unspecified atom stereocenters. The second-order valence-electron chi connectivity index (χ2n) is 12.0. The van der Waals surface area contributed by atoms with E-state index < -0.39 is 59.7 Å². The molecule has 0 saturated carbocycles. The van der Waals surface area contributed by atoms with Gasteiger partial charge in [0.15, 0.2) is 0 Å². The zero-order valence-corrected chi connectivity index (χ0v) is 26.6. The van der Waals surface area contributed by atoms with Gasteiger partial charge in [-0.25, -0.2) is 8.78 Å². The lowest BCUT2D eigenvalue weighted by Crippen LogP contribution is -2.49. The Bertz CT molecular complexity index is 1970. The van der Waals surface area contributed by atoms with Crippen molar-refractivity contribution < 1.29 is 41.4 Å². The minimum atomic E-state index is -4.93. The molecular formula is C34H30F5N3O5S. The van der Waals surface area contributed by atoms with E-state index in [0.29, 0.717) is 27.8 Å². The van der Waals surface area contributed by atoms with Gasteiger partial charge >= 0.3 is 12.1 Å². The number of likely N-dealkylation sites (tertiary alicyclic amines) is 1. The van der Waals surface area contributed by atoms with Crippen LogP contribution in [0, 0.1) is 19.7 Å².